The predicted molar refractivity (Wildman–Crippen MR) is 109 cm³/mol. The Morgan fingerprint density at radius 1 is 1.28 bits per heavy atom. The maximum atomic E-state index is 13.1. The van der Waals surface area contributed by atoms with E-state index in [1.54, 1.807) is 42.4 Å². The number of aliphatic hydroxyl groups is 1. The van der Waals surface area contributed by atoms with Crippen LogP contribution >= 0.6 is 0 Å². The maximum absolute atomic E-state index is 13.1. The molecule has 1 aliphatic rings. The lowest BCUT2D eigenvalue weighted by molar-refractivity contribution is -0.129. The Labute approximate surface area is 170 Å². The summed E-state index contributed by atoms with van der Waals surface area (Å²) < 4.78 is 5.46. The molecular weight excluding hydrogens is 370 g/mol. The van der Waals surface area contributed by atoms with E-state index in [2.05, 4.69) is 23.7 Å². The third-order valence-electron chi connectivity index (χ3n) is 5.28. The number of carbonyl (C=O) groups excluding carboxylic acids is 2. The summed E-state index contributed by atoms with van der Waals surface area (Å²) in [6.45, 7) is 9.05. The Morgan fingerprint density at radius 3 is 2.62 bits per heavy atom. The standard InChI is InChI=1S/C22H27N3O4/c1-4-24(5-2)12-7-13-25-19(16-8-6-11-23-14-16)18(21(27)22(25)28)20(26)17-10-9-15(3)29-17/h6,8-11,14,19,27H,4-5,7,12-13H2,1-3H3/t19-/m0/s1. The van der Waals surface area contributed by atoms with Crippen molar-refractivity contribution < 1.29 is 19.1 Å². The van der Waals surface area contributed by atoms with Crippen LogP contribution in [0.5, 0.6) is 0 Å². The van der Waals surface area contributed by atoms with Gasteiger partial charge >= 0.3 is 0 Å². The topological polar surface area (TPSA) is 86.9 Å². The third-order valence-corrected chi connectivity index (χ3v) is 5.28. The average molecular weight is 397 g/mol. The van der Waals surface area contributed by atoms with E-state index in [9.17, 15) is 14.7 Å². The van der Waals surface area contributed by atoms with Crippen LogP contribution < -0.4 is 0 Å². The van der Waals surface area contributed by atoms with Crippen LogP contribution in [-0.4, -0.2) is 57.8 Å². The molecule has 3 rings (SSSR count). The van der Waals surface area contributed by atoms with Crippen molar-refractivity contribution in [2.75, 3.05) is 26.2 Å². The summed E-state index contributed by atoms with van der Waals surface area (Å²) in [7, 11) is 0. The normalized spacial score (nSPS) is 16.9. The summed E-state index contributed by atoms with van der Waals surface area (Å²) in [6, 6.07) is 6.11. The van der Waals surface area contributed by atoms with Gasteiger partial charge in [-0.15, -0.1) is 0 Å². The minimum atomic E-state index is -0.689. The molecule has 0 saturated carbocycles. The molecule has 0 aromatic carbocycles. The van der Waals surface area contributed by atoms with Gasteiger partial charge in [0.05, 0.1) is 11.6 Å². The molecule has 0 radical (unpaired) electrons. The molecule has 7 nitrogen and oxygen atoms in total. The first-order valence-corrected chi connectivity index (χ1v) is 9.95. The van der Waals surface area contributed by atoms with Crippen LogP contribution in [-0.2, 0) is 4.79 Å². The van der Waals surface area contributed by atoms with Crippen molar-refractivity contribution >= 4 is 11.7 Å². The van der Waals surface area contributed by atoms with Crippen LogP contribution in [0, 0.1) is 6.92 Å². The van der Waals surface area contributed by atoms with Crippen LogP contribution in [0.2, 0.25) is 0 Å². The number of amides is 1. The zero-order valence-electron chi connectivity index (χ0n) is 17.1. The molecule has 1 N–H and O–H groups in total. The van der Waals surface area contributed by atoms with Crippen molar-refractivity contribution in [1.82, 2.24) is 14.8 Å². The summed E-state index contributed by atoms with van der Waals surface area (Å²) in [5.74, 6) is -0.836. The average Bonchev–Trinajstić information content (AvgIpc) is 3.28. The molecular formula is C22H27N3O4. The fraction of sp³-hybridized carbons (Fsp3) is 0.409. The van der Waals surface area contributed by atoms with Crippen LogP contribution in [0.25, 0.3) is 0 Å². The highest BCUT2D eigenvalue weighted by Crippen LogP contribution is 2.38. The van der Waals surface area contributed by atoms with E-state index >= 15 is 0 Å². The number of hydrogen-bond donors (Lipinski definition) is 1. The van der Waals surface area contributed by atoms with Crippen molar-refractivity contribution in [1.29, 1.82) is 0 Å². The summed E-state index contributed by atoms with van der Waals surface area (Å²) in [5, 5.41) is 10.6. The Morgan fingerprint density at radius 2 is 2.03 bits per heavy atom. The van der Waals surface area contributed by atoms with Crippen molar-refractivity contribution in [3.05, 3.63) is 65.1 Å². The zero-order chi connectivity index (χ0) is 21.0. The monoisotopic (exact) mass is 397 g/mol. The first-order chi connectivity index (χ1) is 14.0. The number of furan rings is 1. The highest BCUT2D eigenvalue weighted by Gasteiger charge is 2.44. The van der Waals surface area contributed by atoms with Crippen molar-refractivity contribution in [2.45, 2.75) is 33.2 Å². The summed E-state index contributed by atoms with van der Waals surface area (Å²) >= 11 is 0. The number of aryl methyl sites for hydroxylation is 1. The lowest BCUT2D eigenvalue weighted by Gasteiger charge is -2.27. The molecule has 154 valence electrons. The summed E-state index contributed by atoms with van der Waals surface area (Å²) in [5.41, 5.74) is 0.722. The highest BCUT2D eigenvalue weighted by molar-refractivity contribution is 6.15. The van der Waals surface area contributed by atoms with Gasteiger partial charge in [0.1, 0.15) is 5.76 Å². The van der Waals surface area contributed by atoms with Gasteiger partial charge in [-0.2, -0.15) is 0 Å². The van der Waals surface area contributed by atoms with Gasteiger partial charge in [-0.05, 0) is 56.7 Å². The smallest absolute Gasteiger partial charge is 0.290 e. The molecule has 1 amide bonds. The van der Waals surface area contributed by atoms with E-state index < -0.39 is 23.5 Å². The molecule has 2 aromatic rings. The van der Waals surface area contributed by atoms with E-state index in [1.165, 1.54) is 0 Å². The van der Waals surface area contributed by atoms with Crippen molar-refractivity contribution in [3.8, 4) is 0 Å². The van der Waals surface area contributed by atoms with Gasteiger partial charge in [0.15, 0.2) is 11.5 Å². The zero-order valence-corrected chi connectivity index (χ0v) is 17.1. The number of nitrogens with zero attached hydrogens (tertiary/aromatic N) is 3. The number of pyridine rings is 1. The van der Waals surface area contributed by atoms with Crippen molar-refractivity contribution in [3.63, 3.8) is 0 Å². The number of hydrogen-bond acceptors (Lipinski definition) is 6. The largest absolute Gasteiger partial charge is 0.503 e. The van der Waals surface area contributed by atoms with Crippen molar-refractivity contribution in [2.24, 2.45) is 0 Å². The Bertz CT molecular complexity index is 900. The molecule has 0 saturated heterocycles. The highest BCUT2D eigenvalue weighted by atomic mass is 16.3. The van der Waals surface area contributed by atoms with Gasteiger partial charge < -0.3 is 19.3 Å². The first kappa shape index (κ1) is 20.8. The molecule has 3 heterocycles. The number of aliphatic hydroxyl groups excluding tert-OH is 1. The molecule has 2 aromatic heterocycles. The third kappa shape index (κ3) is 4.24. The fourth-order valence-corrected chi connectivity index (χ4v) is 3.69. The number of carbonyl (C=O) groups is 2. The molecule has 0 spiro atoms. The van der Waals surface area contributed by atoms with E-state index in [4.69, 9.17) is 4.42 Å². The minimum Gasteiger partial charge on any atom is -0.503 e. The van der Waals surface area contributed by atoms with Gasteiger partial charge in [-0.1, -0.05) is 19.9 Å². The Balaban J connectivity index is 1.91. The van der Waals surface area contributed by atoms with Crippen LogP contribution in [0.4, 0.5) is 0 Å². The fourth-order valence-electron chi connectivity index (χ4n) is 3.69. The van der Waals surface area contributed by atoms with Gasteiger partial charge in [-0.25, -0.2) is 0 Å². The van der Waals surface area contributed by atoms with Gasteiger partial charge in [0.2, 0.25) is 5.78 Å². The molecule has 29 heavy (non-hydrogen) atoms. The lowest BCUT2D eigenvalue weighted by Crippen LogP contribution is -2.34. The second-order valence-electron chi connectivity index (χ2n) is 7.07. The van der Waals surface area contributed by atoms with Gasteiger partial charge in [0.25, 0.3) is 5.91 Å². The summed E-state index contributed by atoms with van der Waals surface area (Å²) in [6.07, 6.45) is 3.99. The maximum Gasteiger partial charge on any atom is 0.290 e. The SMILES string of the molecule is CCN(CC)CCCN1C(=O)C(O)=C(C(=O)c2ccc(C)o2)[C@@H]1c1cccnc1. The number of ketones is 1. The Kier molecular flexibility index (Phi) is 6.49. The lowest BCUT2D eigenvalue weighted by atomic mass is 9.96. The molecule has 1 aliphatic heterocycles. The second-order valence-corrected chi connectivity index (χ2v) is 7.07. The van der Waals surface area contributed by atoms with E-state index in [-0.39, 0.29) is 11.3 Å². The van der Waals surface area contributed by atoms with E-state index in [0.717, 1.165) is 26.1 Å². The van der Waals surface area contributed by atoms with E-state index in [1.807, 2.05) is 6.07 Å². The summed E-state index contributed by atoms with van der Waals surface area (Å²) in [4.78, 5) is 33.9. The number of Topliss-reactive ketones (excluding diaryl/α,β-unsaturated/α-hetero) is 1. The molecule has 0 aliphatic carbocycles. The first-order valence-electron chi connectivity index (χ1n) is 9.95. The minimum absolute atomic E-state index is 0.0418. The predicted octanol–water partition coefficient (Wildman–Crippen LogP) is 3.29. The molecule has 1 atom stereocenters. The van der Waals surface area contributed by atoms with Crippen LogP contribution in [0.3, 0.4) is 0 Å². The van der Waals surface area contributed by atoms with Gasteiger partial charge in [-0.3, -0.25) is 14.6 Å². The second kappa shape index (κ2) is 9.05. The molecule has 0 fully saturated rings. The van der Waals surface area contributed by atoms with Gasteiger partial charge in [0, 0.05) is 18.9 Å². The van der Waals surface area contributed by atoms with E-state index in [0.29, 0.717) is 17.9 Å². The number of rotatable bonds is 9. The number of aromatic nitrogens is 1. The molecule has 7 heteroatoms. The Hall–Kier alpha value is -2.93. The quantitative estimate of drug-likeness (QED) is 0.654. The van der Waals surface area contributed by atoms with Crippen LogP contribution in [0.15, 0.2) is 52.4 Å². The molecule has 0 unspecified atom stereocenters. The van der Waals surface area contributed by atoms with Crippen LogP contribution in [0.1, 0.15) is 48.2 Å². The molecule has 0 bridgehead atoms.